The smallest absolute Gasteiger partial charge is 0.181 e. The van der Waals surface area contributed by atoms with Crippen molar-refractivity contribution in [1.82, 2.24) is 25.1 Å². The van der Waals surface area contributed by atoms with Gasteiger partial charge in [0.15, 0.2) is 17.5 Å². The van der Waals surface area contributed by atoms with Crippen molar-refractivity contribution < 1.29 is 5.11 Å². The first-order valence-corrected chi connectivity index (χ1v) is 8.33. The van der Waals surface area contributed by atoms with Crippen molar-refractivity contribution in [1.29, 1.82) is 0 Å². The lowest BCUT2D eigenvalue weighted by molar-refractivity contribution is 0.331. The summed E-state index contributed by atoms with van der Waals surface area (Å²) >= 11 is 0. The first-order valence-electron chi connectivity index (χ1n) is 8.33. The number of rotatable bonds is 6. The van der Waals surface area contributed by atoms with Gasteiger partial charge in [-0.2, -0.15) is 5.10 Å². The van der Waals surface area contributed by atoms with Crippen LogP contribution in [0.5, 0.6) is 0 Å². The van der Waals surface area contributed by atoms with Crippen LogP contribution in [0.4, 0.5) is 5.82 Å². The molecule has 2 heterocycles. The number of aromatic amines is 1. The number of aliphatic hydroxyl groups is 1. The fourth-order valence-corrected chi connectivity index (χ4v) is 2.28. The number of nitrogens with two attached hydrogens (primary N) is 1. The molecule has 7 heteroatoms. The van der Waals surface area contributed by atoms with Gasteiger partial charge in [-0.05, 0) is 18.1 Å². The highest BCUT2D eigenvalue weighted by atomic mass is 16.3. The Morgan fingerprint density at radius 2 is 2.04 bits per heavy atom. The van der Waals surface area contributed by atoms with Gasteiger partial charge in [0.2, 0.25) is 0 Å². The van der Waals surface area contributed by atoms with Crippen LogP contribution < -0.4 is 5.73 Å². The molecule has 136 valence electrons. The summed E-state index contributed by atoms with van der Waals surface area (Å²) in [5.41, 5.74) is 9.37. The molecule has 1 aromatic carbocycles. The van der Waals surface area contributed by atoms with Crippen LogP contribution in [0.15, 0.2) is 66.9 Å². The van der Waals surface area contributed by atoms with Gasteiger partial charge in [-0.15, -0.1) is 0 Å². The van der Waals surface area contributed by atoms with Crippen molar-refractivity contribution in [3.63, 3.8) is 0 Å². The van der Waals surface area contributed by atoms with E-state index in [-0.39, 0.29) is 12.4 Å². The second-order valence-corrected chi connectivity index (χ2v) is 5.92. The second kappa shape index (κ2) is 8.20. The summed E-state index contributed by atoms with van der Waals surface area (Å²) in [5, 5.41) is 16.1. The molecule has 0 saturated heterocycles. The summed E-state index contributed by atoms with van der Waals surface area (Å²) in [4.78, 5) is 13.2. The number of allylic oxidation sites excluding steroid dienone is 4. The number of anilines is 1. The van der Waals surface area contributed by atoms with Crippen LogP contribution in [-0.2, 0) is 0 Å². The Morgan fingerprint density at radius 3 is 2.78 bits per heavy atom. The molecular formula is C20H20N6O. The van der Waals surface area contributed by atoms with Gasteiger partial charge < -0.3 is 10.8 Å². The minimum absolute atomic E-state index is 0.0118. The second-order valence-electron chi connectivity index (χ2n) is 5.92. The van der Waals surface area contributed by atoms with Crippen LogP contribution in [0.2, 0.25) is 0 Å². The molecule has 7 nitrogen and oxygen atoms in total. The molecule has 27 heavy (non-hydrogen) atoms. The van der Waals surface area contributed by atoms with Crippen LogP contribution in [0.3, 0.4) is 0 Å². The van der Waals surface area contributed by atoms with Crippen molar-refractivity contribution in [2.75, 3.05) is 12.3 Å². The van der Waals surface area contributed by atoms with Gasteiger partial charge in [0.1, 0.15) is 5.69 Å². The molecule has 0 aliphatic rings. The number of hydrogen-bond acceptors (Lipinski definition) is 6. The van der Waals surface area contributed by atoms with E-state index in [0.29, 0.717) is 28.6 Å². The van der Waals surface area contributed by atoms with Crippen LogP contribution in [-0.4, -0.2) is 36.9 Å². The molecule has 0 radical (unpaired) electrons. The number of nitrogens with one attached hydrogen (secondary N) is 1. The standard InChI is InChI=1S/C20H20N6O/c1-13(12-27)7-6-8-14(2)16-11-22-18(21)17(23-16)20-24-19(25-26-20)15-9-4-3-5-10-15/h3-11,27H,2,12H2,1H3,(H2,21,22)(H,24,25,26)/b8-6-,13-7+. The van der Waals surface area contributed by atoms with Crippen molar-refractivity contribution >= 4 is 11.4 Å². The first kappa shape index (κ1) is 18.2. The van der Waals surface area contributed by atoms with Crippen molar-refractivity contribution in [2.45, 2.75) is 6.92 Å². The predicted molar refractivity (Wildman–Crippen MR) is 106 cm³/mol. The van der Waals surface area contributed by atoms with E-state index in [4.69, 9.17) is 10.8 Å². The van der Waals surface area contributed by atoms with Gasteiger partial charge in [-0.3, -0.25) is 5.10 Å². The Hall–Kier alpha value is -3.58. The SMILES string of the molecule is C=C(/C=C\C=C(/C)CO)c1cnc(N)c(-c2nc(-c3ccccc3)n[nH]2)n1. The summed E-state index contributed by atoms with van der Waals surface area (Å²) in [6.45, 7) is 5.84. The Bertz CT molecular complexity index is 1000. The van der Waals surface area contributed by atoms with Crippen LogP contribution in [0.1, 0.15) is 12.6 Å². The molecule has 2 aromatic heterocycles. The van der Waals surface area contributed by atoms with Gasteiger partial charge in [0.05, 0.1) is 18.5 Å². The third-order valence-corrected chi connectivity index (χ3v) is 3.80. The Balaban J connectivity index is 1.88. The lowest BCUT2D eigenvalue weighted by atomic mass is 10.2. The summed E-state index contributed by atoms with van der Waals surface area (Å²) in [7, 11) is 0. The molecule has 0 aliphatic heterocycles. The van der Waals surface area contributed by atoms with E-state index in [1.807, 2.05) is 37.3 Å². The molecule has 0 aliphatic carbocycles. The topological polar surface area (TPSA) is 114 Å². The quantitative estimate of drug-likeness (QED) is 0.582. The number of aliphatic hydroxyl groups excluding tert-OH is 1. The summed E-state index contributed by atoms with van der Waals surface area (Å²) in [6.07, 6.45) is 6.95. The number of hydrogen-bond donors (Lipinski definition) is 3. The van der Waals surface area contributed by atoms with Crippen molar-refractivity contribution in [2.24, 2.45) is 0 Å². The molecule has 3 aromatic rings. The van der Waals surface area contributed by atoms with Crippen molar-refractivity contribution in [3.8, 4) is 22.9 Å². The van der Waals surface area contributed by atoms with E-state index in [9.17, 15) is 0 Å². The average molecular weight is 360 g/mol. The molecule has 0 amide bonds. The zero-order chi connectivity index (χ0) is 19.2. The zero-order valence-electron chi connectivity index (χ0n) is 14.9. The highest BCUT2D eigenvalue weighted by Crippen LogP contribution is 2.23. The summed E-state index contributed by atoms with van der Waals surface area (Å²) in [5.74, 6) is 1.25. The van der Waals surface area contributed by atoms with E-state index in [2.05, 4.69) is 31.7 Å². The molecule has 0 unspecified atom stereocenters. The Labute approximate surface area is 157 Å². The van der Waals surface area contributed by atoms with Gasteiger partial charge in [0, 0.05) is 5.56 Å². The van der Waals surface area contributed by atoms with Crippen LogP contribution in [0, 0.1) is 0 Å². The molecule has 0 fully saturated rings. The summed E-state index contributed by atoms with van der Waals surface area (Å²) < 4.78 is 0. The first-order chi connectivity index (χ1) is 13.1. The minimum atomic E-state index is 0.0118. The molecule has 4 N–H and O–H groups in total. The van der Waals surface area contributed by atoms with Crippen LogP contribution >= 0.6 is 0 Å². The lowest BCUT2D eigenvalue weighted by Crippen LogP contribution is -2.01. The number of nitrogens with zero attached hydrogens (tertiary/aromatic N) is 4. The number of nitrogen functional groups attached to an aromatic ring is 1. The molecule has 0 spiro atoms. The van der Waals surface area contributed by atoms with E-state index < -0.39 is 0 Å². The van der Waals surface area contributed by atoms with Crippen LogP contribution in [0.25, 0.3) is 28.5 Å². The largest absolute Gasteiger partial charge is 0.392 e. The van der Waals surface area contributed by atoms with E-state index >= 15 is 0 Å². The molecule has 3 rings (SSSR count). The summed E-state index contributed by atoms with van der Waals surface area (Å²) in [6, 6.07) is 9.62. The number of aromatic nitrogens is 5. The lowest BCUT2D eigenvalue weighted by Gasteiger charge is -2.04. The maximum absolute atomic E-state index is 9.02. The van der Waals surface area contributed by atoms with Crippen molar-refractivity contribution in [3.05, 3.63) is 72.6 Å². The van der Waals surface area contributed by atoms with Gasteiger partial charge in [-0.25, -0.2) is 15.0 Å². The highest BCUT2D eigenvalue weighted by Gasteiger charge is 2.14. The van der Waals surface area contributed by atoms with Gasteiger partial charge in [0.25, 0.3) is 0 Å². The Morgan fingerprint density at radius 1 is 1.26 bits per heavy atom. The van der Waals surface area contributed by atoms with E-state index in [0.717, 1.165) is 11.1 Å². The normalized spacial score (nSPS) is 11.9. The molecule has 0 atom stereocenters. The number of H-pyrrole nitrogens is 1. The molecular weight excluding hydrogens is 340 g/mol. The third kappa shape index (κ3) is 4.34. The maximum atomic E-state index is 9.02. The monoisotopic (exact) mass is 360 g/mol. The zero-order valence-corrected chi connectivity index (χ0v) is 14.9. The average Bonchev–Trinajstić information content (AvgIpc) is 3.18. The minimum Gasteiger partial charge on any atom is -0.392 e. The fourth-order valence-electron chi connectivity index (χ4n) is 2.28. The van der Waals surface area contributed by atoms with Gasteiger partial charge in [-0.1, -0.05) is 55.1 Å². The third-order valence-electron chi connectivity index (χ3n) is 3.80. The Kier molecular flexibility index (Phi) is 5.53. The fraction of sp³-hybridized carbons (Fsp3) is 0.100. The van der Waals surface area contributed by atoms with E-state index in [1.54, 1.807) is 24.4 Å². The highest BCUT2D eigenvalue weighted by molar-refractivity contribution is 5.73. The molecule has 0 bridgehead atoms. The predicted octanol–water partition coefficient (Wildman–Crippen LogP) is 3.02. The molecule has 0 saturated carbocycles. The maximum Gasteiger partial charge on any atom is 0.181 e. The number of benzene rings is 1. The van der Waals surface area contributed by atoms with E-state index in [1.165, 1.54) is 0 Å². The van der Waals surface area contributed by atoms with Gasteiger partial charge >= 0.3 is 0 Å².